The van der Waals surface area contributed by atoms with Crippen molar-refractivity contribution in [1.29, 1.82) is 0 Å². The summed E-state index contributed by atoms with van der Waals surface area (Å²) in [6, 6.07) is 18.4. The molecular weight excluding hydrogens is 272 g/mol. The van der Waals surface area contributed by atoms with Gasteiger partial charge in [-0.2, -0.15) is 0 Å². The van der Waals surface area contributed by atoms with Crippen molar-refractivity contribution in [1.82, 2.24) is 0 Å². The first-order chi connectivity index (χ1) is 10.7. The molecule has 0 aliphatic carbocycles. The van der Waals surface area contributed by atoms with Crippen LogP contribution in [0, 0.1) is 0 Å². The van der Waals surface area contributed by atoms with Gasteiger partial charge in [0.15, 0.2) is 5.78 Å². The first-order valence-electron chi connectivity index (χ1n) is 7.67. The van der Waals surface area contributed by atoms with Gasteiger partial charge in [-0.1, -0.05) is 48.5 Å². The molecule has 0 bridgehead atoms. The number of hydrogen-bond donors (Lipinski definition) is 0. The van der Waals surface area contributed by atoms with Crippen molar-refractivity contribution in [2.45, 2.75) is 32.8 Å². The largest absolute Gasteiger partial charge is 0.489 e. The van der Waals surface area contributed by atoms with E-state index in [-0.39, 0.29) is 5.78 Å². The highest BCUT2D eigenvalue weighted by Gasteiger charge is 1.97. The third kappa shape index (κ3) is 5.96. The minimum Gasteiger partial charge on any atom is -0.489 e. The van der Waals surface area contributed by atoms with E-state index in [2.05, 4.69) is 24.3 Å². The lowest BCUT2D eigenvalue weighted by Crippen LogP contribution is -1.95. The van der Waals surface area contributed by atoms with Gasteiger partial charge in [0.1, 0.15) is 12.4 Å². The van der Waals surface area contributed by atoms with Gasteiger partial charge < -0.3 is 4.74 Å². The van der Waals surface area contributed by atoms with Crippen LogP contribution < -0.4 is 4.74 Å². The summed E-state index contributed by atoms with van der Waals surface area (Å²) in [6.45, 7) is 2.17. The number of ether oxygens (including phenoxy) is 1. The molecule has 0 radical (unpaired) electrons. The Bertz CT molecular complexity index is 597. The minimum absolute atomic E-state index is 0.111. The van der Waals surface area contributed by atoms with Gasteiger partial charge in [0, 0.05) is 0 Å². The first-order valence-corrected chi connectivity index (χ1v) is 7.67. The number of ketones is 1. The van der Waals surface area contributed by atoms with Gasteiger partial charge in [-0.3, -0.25) is 4.79 Å². The summed E-state index contributed by atoms with van der Waals surface area (Å²) in [5.74, 6) is 1.00. The number of benzene rings is 2. The fraction of sp³-hybridized carbons (Fsp3) is 0.250. The van der Waals surface area contributed by atoms with E-state index in [0.29, 0.717) is 6.61 Å². The number of carbonyl (C=O) groups is 1. The predicted molar refractivity (Wildman–Crippen MR) is 90.0 cm³/mol. The molecule has 0 aromatic heterocycles. The molecule has 0 amide bonds. The molecule has 22 heavy (non-hydrogen) atoms. The van der Waals surface area contributed by atoms with Crippen LogP contribution in [0.1, 0.15) is 30.9 Å². The van der Waals surface area contributed by atoms with Crippen LogP contribution in [0.5, 0.6) is 5.75 Å². The summed E-state index contributed by atoms with van der Waals surface area (Å²) >= 11 is 0. The summed E-state index contributed by atoms with van der Waals surface area (Å²) in [5, 5.41) is 0. The van der Waals surface area contributed by atoms with Crippen molar-refractivity contribution >= 4 is 5.78 Å². The Morgan fingerprint density at radius 3 is 2.41 bits per heavy atom. The Kier molecular flexibility index (Phi) is 6.43. The van der Waals surface area contributed by atoms with Gasteiger partial charge in [-0.05, 0) is 55.5 Å². The molecule has 2 aromatic rings. The molecule has 0 atom stereocenters. The van der Waals surface area contributed by atoms with Crippen LogP contribution in [0.3, 0.4) is 0 Å². The molecule has 2 aromatic carbocycles. The molecule has 0 saturated heterocycles. The fourth-order valence-corrected chi connectivity index (χ4v) is 2.17. The van der Waals surface area contributed by atoms with E-state index in [4.69, 9.17) is 4.74 Å². The van der Waals surface area contributed by atoms with E-state index in [9.17, 15) is 4.79 Å². The Balaban J connectivity index is 1.74. The molecule has 0 aliphatic heterocycles. The van der Waals surface area contributed by atoms with Crippen LogP contribution in [-0.2, 0) is 17.8 Å². The zero-order chi connectivity index (χ0) is 15.6. The van der Waals surface area contributed by atoms with Crippen LogP contribution in [0.15, 0.2) is 66.7 Å². The quantitative estimate of drug-likeness (QED) is 0.519. The Morgan fingerprint density at radius 2 is 1.73 bits per heavy atom. The van der Waals surface area contributed by atoms with Crippen LogP contribution >= 0.6 is 0 Å². The molecule has 0 spiro atoms. The maximum absolute atomic E-state index is 10.8. The van der Waals surface area contributed by atoms with Crippen molar-refractivity contribution in [2.24, 2.45) is 0 Å². The third-order valence-electron chi connectivity index (χ3n) is 3.36. The second-order valence-electron chi connectivity index (χ2n) is 5.32. The van der Waals surface area contributed by atoms with Gasteiger partial charge in [-0.15, -0.1) is 0 Å². The number of aryl methyl sites for hydroxylation is 1. The molecule has 0 unspecified atom stereocenters. The molecule has 0 fully saturated rings. The van der Waals surface area contributed by atoms with Crippen LogP contribution in [0.2, 0.25) is 0 Å². The minimum atomic E-state index is 0.111. The highest BCUT2D eigenvalue weighted by Crippen LogP contribution is 2.15. The zero-order valence-electron chi connectivity index (χ0n) is 13.0. The number of unbranched alkanes of at least 4 members (excludes halogenated alkanes) is 1. The lowest BCUT2D eigenvalue weighted by atomic mass is 10.1. The van der Waals surface area contributed by atoms with Crippen LogP contribution in [-0.4, -0.2) is 5.78 Å². The number of hydrogen-bond acceptors (Lipinski definition) is 2. The molecule has 2 rings (SSSR count). The van der Waals surface area contributed by atoms with Crippen molar-refractivity contribution in [3.63, 3.8) is 0 Å². The third-order valence-corrected chi connectivity index (χ3v) is 3.36. The molecular formula is C20H22O2. The summed E-state index contributed by atoms with van der Waals surface area (Å²) in [6.07, 6.45) is 6.58. The van der Waals surface area contributed by atoms with E-state index >= 15 is 0 Å². The number of allylic oxidation sites excluding steroid dienone is 2. The molecule has 2 nitrogen and oxygen atoms in total. The normalized spacial score (nSPS) is 10.8. The van der Waals surface area contributed by atoms with E-state index in [0.717, 1.165) is 25.0 Å². The summed E-state index contributed by atoms with van der Waals surface area (Å²) < 4.78 is 5.77. The molecule has 0 heterocycles. The molecule has 0 saturated carbocycles. The van der Waals surface area contributed by atoms with E-state index in [1.807, 2.05) is 36.4 Å². The summed E-state index contributed by atoms with van der Waals surface area (Å²) in [4.78, 5) is 10.8. The number of rotatable bonds is 8. The van der Waals surface area contributed by atoms with E-state index in [1.54, 1.807) is 13.0 Å². The van der Waals surface area contributed by atoms with Gasteiger partial charge in [0.05, 0.1) is 0 Å². The van der Waals surface area contributed by atoms with Gasteiger partial charge >= 0.3 is 0 Å². The van der Waals surface area contributed by atoms with E-state index in [1.165, 1.54) is 11.1 Å². The first kappa shape index (κ1) is 16.0. The maximum Gasteiger partial charge on any atom is 0.152 e. The van der Waals surface area contributed by atoms with Gasteiger partial charge in [0.25, 0.3) is 0 Å². The molecule has 0 aliphatic rings. The standard InChI is InChI=1S/C20H22O2/c1-17(21)8-4-2-5-9-18-12-14-20(15-13-18)22-16-19-10-6-3-7-11-19/h3-4,6-8,10-15H,2,5,9,16H2,1H3/b8-4+. The van der Waals surface area contributed by atoms with E-state index < -0.39 is 0 Å². The lowest BCUT2D eigenvalue weighted by Gasteiger charge is -2.07. The Labute approximate surface area is 132 Å². The summed E-state index contributed by atoms with van der Waals surface area (Å²) in [5.41, 5.74) is 2.46. The predicted octanol–water partition coefficient (Wildman–Crippen LogP) is 4.73. The van der Waals surface area contributed by atoms with Gasteiger partial charge in [-0.25, -0.2) is 0 Å². The lowest BCUT2D eigenvalue weighted by molar-refractivity contribution is -0.112. The highest BCUT2D eigenvalue weighted by molar-refractivity contribution is 5.87. The molecule has 114 valence electrons. The second kappa shape index (κ2) is 8.83. The SMILES string of the molecule is CC(=O)/C=C/CCCc1ccc(OCc2ccccc2)cc1. The smallest absolute Gasteiger partial charge is 0.152 e. The second-order valence-corrected chi connectivity index (χ2v) is 5.32. The van der Waals surface area contributed by atoms with Gasteiger partial charge in [0.2, 0.25) is 0 Å². The monoisotopic (exact) mass is 294 g/mol. The number of carbonyl (C=O) groups excluding carboxylic acids is 1. The van der Waals surface area contributed by atoms with Crippen molar-refractivity contribution < 1.29 is 9.53 Å². The van der Waals surface area contributed by atoms with Crippen molar-refractivity contribution in [3.05, 3.63) is 77.9 Å². The Morgan fingerprint density at radius 1 is 1.00 bits per heavy atom. The zero-order valence-corrected chi connectivity index (χ0v) is 13.0. The molecule has 0 N–H and O–H groups in total. The maximum atomic E-state index is 10.8. The topological polar surface area (TPSA) is 26.3 Å². The highest BCUT2D eigenvalue weighted by atomic mass is 16.5. The average molecular weight is 294 g/mol. The van der Waals surface area contributed by atoms with Crippen molar-refractivity contribution in [3.8, 4) is 5.75 Å². The molecule has 2 heteroatoms. The fourth-order valence-electron chi connectivity index (χ4n) is 2.17. The average Bonchev–Trinajstić information content (AvgIpc) is 2.54. The van der Waals surface area contributed by atoms with Crippen molar-refractivity contribution in [2.75, 3.05) is 0 Å². The Hall–Kier alpha value is -2.35. The summed E-state index contributed by atoms with van der Waals surface area (Å²) in [7, 11) is 0. The van der Waals surface area contributed by atoms with Crippen LogP contribution in [0.25, 0.3) is 0 Å². The van der Waals surface area contributed by atoms with Crippen LogP contribution in [0.4, 0.5) is 0 Å².